The quantitative estimate of drug-likeness (QED) is 0.0536. The van der Waals surface area contributed by atoms with Gasteiger partial charge in [-0.05, 0) is 12.8 Å². The third-order valence-electron chi connectivity index (χ3n) is 12.9. The summed E-state index contributed by atoms with van der Waals surface area (Å²) in [6, 6.07) is -0.530. The number of aliphatic hydroxyl groups is 2. The molecule has 2 atom stereocenters. The summed E-state index contributed by atoms with van der Waals surface area (Å²) in [5.41, 5.74) is 0. The SMILES string of the molecule is CCCCCCCCCCCCCCCCCCCCCCCCCCCCCCCC(=O)N[C@@H](CO)[C@H](O)CCCCCCCCCCCCCCCCCC. The van der Waals surface area contributed by atoms with Crippen molar-refractivity contribution in [1.82, 2.24) is 5.32 Å². The molecule has 0 saturated heterocycles. The zero-order valence-corrected chi connectivity index (χ0v) is 39.4. The summed E-state index contributed by atoms with van der Waals surface area (Å²) in [5, 5.41) is 23.3. The highest BCUT2D eigenvalue weighted by Gasteiger charge is 2.20. The van der Waals surface area contributed by atoms with Gasteiger partial charge in [-0.1, -0.05) is 296 Å². The molecule has 0 aromatic heterocycles. The van der Waals surface area contributed by atoms with Gasteiger partial charge in [-0.2, -0.15) is 0 Å². The standard InChI is InChI=1S/C53H107NO3/c1-3-5-7-9-11-13-15-17-19-21-22-23-24-25-26-27-28-29-30-31-32-33-35-37-39-41-43-45-47-49-53(57)54-51(50-55)52(56)48-46-44-42-40-38-36-34-20-18-16-14-12-10-8-6-4-2/h51-52,55-56H,3-50H2,1-2H3,(H,54,57)/t51-,52+/m0/s1. The predicted molar refractivity (Wildman–Crippen MR) is 253 cm³/mol. The van der Waals surface area contributed by atoms with E-state index < -0.39 is 12.1 Å². The van der Waals surface area contributed by atoms with Gasteiger partial charge in [0.15, 0.2) is 0 Å². The van der Waals surface area contributed by atoms with Gasteiger partial charge >= 0.3 is 0 Å². The van der Waals surface area contributed by atoms with Gasteiger partial charge in [-0.25, -0.2) is 0 Å². The average Bonchev–Trinajstić information content (AvgIpc) is 3.22. The van der Waals surface area contributed by atoms with Crippen LogP contribution in [-0.4, -0.2) is 34.9 Å². The van der Waals surface area contributed by atoms with Crippen molar-refractivity contribution in [2.45, 2.75) is 328 Å². The maximum absolute atomic E-state index is 12.5. The van der Waals surface area contributed by atoms with Gasteiger partial charge in [0.1, 0.15) is 0 Å². The van der Waals surface area contributed by atoms with Crippen LogP contribution >= 0.6 is 0 Å². The lowest BCUT2D eigenvalue weighted by Crippen LogP contribution is -2.45. The van der Waals surface area contributed by atoms with Gasteiger partial charge in [0, 0.05) is 6.42 Å². The lowest BCUT2D eigenvalue weighted by Gasteiger charge is -2.22. The van der Waals surface area contributed by atoms with E-state index in [4.69, 9.17) is 0 Å². The van der Waals surface area contributed by atoms with Crippen LogP contribution < -0.4 is 5.32 Å². The van der Waals surface area contributed by atoms with Crippen LogP contribution in [0.2, 0.25) is 0 Å². The van der Waals surface area contributed by atoms with Crippen LogP contribution in [0.1, 0.15) is 316 Å². The summed E-state index contributed by atoms with van der Waals surface area (Å²) < 4.78 is 0. The van der Waals surface area contributed by atoms with Gasteiger partial charge in [-0.15, -0.1) is 0 Å². The van der Waals surface area contributed by atoms with Crippen molar-refractivity contribution < 1.29 is 15.0 Å². The van der Waals surface area contributed by atoms with E-state index in [1.54, 1.807) is 0 Å². The molecule has 1 amide bonds. The molecule has 0 unspecified atom stereocenters. The van der Waals surface area contributed by atoms with Crippen LogP contribution in [0.15, 0.2) is 0 Å². The van der Waals surface area contributed by atoms with E-state index in [9.17, 15) is 15.0 Å². The molecule has 4 nitrogen and oxygen atoms in total. The maximum Gasteiger partial charge on any atom is 0.220 e. The van der Waals surface area contributed by atoms with Gasteiger partial charge < -0.3 is 15.5 Å². The second-order valence-electron chi connectivity index (χ2n) is 18.7. The number of aliphatic hydroxyl groups excluding tert-OH is 2. The van der Waals surface area contributed by atoms with Crippen LogP contribution in [0.4, 0.5) is 0 Å². The number of unbranched alkanes of at least 4 members (excludes halogenated alkanes) is 43. The highest BCUT2D eigenvalue weighted by atomic mass is 16.3. The van der Waals surface area contributed by atoms with Gasteiger partial charge in [-0.3, -0.25) is 4.79 Å². The molecule has 0 bridgehead atoms. The largest absolute Gasteiger partial charge is 0.394 e. The van der Waals surface area contributed by atoms with Crippen LogP contribution in [0, 0.1) is 0 Å². The fourth-order valence-electron chi connectivity index (χ4n) is 8.78. The van der Waals surface area contributed by atoms with Crippen molar-refractivity contribution >= 4 is 5.91 Å². The maximum atomic E-state index is 12.5. The Labute approximate surface area is 359 Å². The summed E-state index contributed by atoms with van der Waals surface area (Å²) in [4.78, 5) is 12.5. The smallest absolute Gasteiger partial charge is 0.220 e. The number of carbonyl (C=O) groups is 1. The summed E-state index contributed by atoms with van der Waals surface area (Å²) in [7, 11) is 0. The molecule has 0 aliphatic carbocycles. The summed E-state index contributed by atoms with van der Waals surface area (Å²) in [6.45, 7) is 4.40. The molecule has 342 valence electrons. The Bertz CT molecular complexity index is 744. The number of hydrogen-bond acceptors (Lipinski definition) is 3. The van der Waals surface area contributed by atoms with Crippen molar-refractivity contribution in [2.24, 2.45) is 0 Å². The Balaban J connectivity index is 3.38. The second-order valence-corrected chi connectivity index (χ2v) is 18.7. The number of carbonyl (C=O) groups excluding carboxylic acids is 1. The molecule has 0 aromatic rings. The Morgan fingerprint density at radius 3 is 0.789 bits per heavy atom. The normalized spacial score (nSPS) is 12.7. The van der Waals surface area contributed by atoms with Crippen molar-refractivity contribution in [3.8, 4) is 0 Å². The average molecular weight is 806 g/mol. The first-order valence-corrected chi connectivity index (χ1v) is 26.7. The lowest BCUT2D eigenvalue weighted by atomic mass is 10.0. The third-order valence-corrected chi connectivity index (χ3v) is 12.9. The first kappa shape index (κ1) is 56.4. The van der Waals surface area contributed by atoms with Crippen molar-refractivity contribution in [2.75, 3.05) is 6.61 Å². The summed E-state index contributed by atoms with van der Waals surface area (Å²) >= 11 is 0. The molecular formula is C53H107NO3. The van der Waals surface area contributed by atoms with Crippen molar-refractivity contribution in [3.63, 3.8) is 0 Å². The molecule has 3 N–H and O–H groups in total. The molecule has 0 aliphatic rings. The second kappa shape index (κ2) is 49.8. The molecule has 0 aromatic carbocycles. The zero-order valence-electron chi connectivity index (χ0n) is 39.4. The van der Waals surface area contributed by atoms with E-state index in [0.717, 1.165) is 25.7 Å². The Hall–Kier alpha value is -0.610. The molecule has 0 fully saturated rings. The van der Waals surface area contributed by atoms with E-state index in [2.05, 4.69) is 19.2 Å². The van der Waals surface area contributed by atoms with E-state index >= 15 is 0 Å². The monoisotopic (exact) mass is 806 g/mol. The molecule has 0 aliphatic heterocycles. The highest BCUT2D eigenvalue weighted by Crippen LogP contribution is 2.18. The topological polar surface area (TPSA) is 69.6 Å². The van der Waals surface area contributed by atoms with Crippen LogP contribution in [-0.2, 0) is 4.79 Å². The van der Waals surface area contributed by atoms with Gasteiger partial charge in [0.2, 0.25) is 5.91 Å². The molecule has 0 spiro atoms. The molecule has 4 heteroatoms. The molecule has 0 rings (SSSR count). The van der Waals surface area contributed by atoms with Gasteiger partial charge in [0.05, 0.1) is 18.8 Å². The molecule has 0 saturated carbocycles. The van der Waals surface area contributed by atoms with E-state index in [-0.39, 0.29) is 12.5 Å². The number of hydrogen-bond donors (Lipinski definition) is 3. The highest BCUT2D eigenvalue weighted by molar-refractivity contribution is 5.76. The van der Waals surface area contributed by atoms with Gasteiger partial charge in [0.25, 0.3) is 0 Å². The minimum absolute atomic E-state index is 0.0231. The van der Waals surface area contributed by atoms with E-state index in [1.165, 1.54) is 263 Å². The van der Waals surface area contributed by atoms with Crippen molar-refractivity contribution in [3.05, 3.63) is 0 Å². The minimum Gasteiger partial charge on any atom is -0.394 e. The lowest BCUT2D eigenvalue weighted by molar-refractivity contribution is -0.123. The molecule has 0 radical (unpaired) electrons. The van der Waals surface area contributed by atoms with Crippen molar-refractivity contribution in [1.29, 1.82) is 0 Å². The molecule has 0 heterocycles. The summed E-state index contributed by atoms with van der Waals surface area (Å²) in [5.74, 6) is -0.0231. The fourth-order valence-corrected chi connectivity index (χ4v) is 8.78. The number of nitrogens with one attached hydrogen (secondary N) is 1. The number of amides is 1. The minimum atomic E-state index is -0.654. The Morgan fingerprint density at radius 2 is 0.561 bits per heavy atom. The van der Waals surface area contributed by atoms with Crippen LogP contribution in [0.5, 0.6) is 0 Å². The first-order chi connectivity index (χ1) is 28.2. The predicted octanol–water partition coefficient (Wildman–Crippen LogP) is 17.2. The van der Waals surface area contributed by atoms with E-state index in [1.807, 2.05) is 0 Å². The fraction of sp³-hybridized carbons (Fsp3) is 0.981. The Kier molecular flexibility index (Phi) is 49.2. The summed E-state index contributed by atoms with van der Waals surface area (Å²) in [6.07, 6.45) is 62.3. The zero-order chi connectivity index (χ0) is 41.4. The number of rotatable bonds is 50. The van der Waals surface area contributed by atoms with Crippen LogP contribution in [0.25, 0.3) is 0 Å². The van der Waals surface area contributed by atoms with E-state index in [0.29, 0.717) is 12.8 Å². The molecular weight excluding hydrogens is 699 g/mol. The molecule has 57 heavy (non-hydrogen) atoms. The first-order valence-electron chi connectivity index (χ1n) is 26.7. The van der Waals surface area contributed by atoms with Crippen LogP contribution in [0.3, 0.4) is 0 Å². The third kappa shape index (κ3) is 46.3. The Morgan fingerprint density at radius 1 is 0.351 bits per heavy atom.